The van der Waals surface area contributed by atoms with E-state index in [1.165, 1.54) is 12.8 Å². The topological polar surface area (TPSA) is 93.0 Å². The summed E-state index contributed by atoms with van der Waals surface area (Å²) in [5.41, 5.74) is 0.958. The number of fused-ring (bicyclic) bond motifs is 1. The predicted molar refractivity (Wildman–Crippen MR) is 124 cm³/mol. The Bertz CT molecular complexity index is 1070. The van der Waals surface area contributed by atoms with E-state index < -0.39 is 23.2 Å². The molecule has 2 bridgehead atoms. The highest BCUT2D eigenvalue weighted by molar-refractivity contribution is 5.94. The quantitative estimate of drug-likeness (QED) is 0.576. The molecule has 0 unspecified atom stereocenters. The third-order valence-electron chi connectivity index (χ3n) is 8.76. The minimum atomic E-state index is -1.09. The van der Waals surface area contributed by atoms with E-state index >= 15 is 0 Å². The minimum absolute atomic E-state index is 0.0625. The number of rotatable bonds is 4. The number of aliphatic hydroxyl groups excluding tert-OH is 1. The summed E-state index contributed by atoms with van der Waals surface area (Å²) in [5, 5.41) is 37.0. The lowest BCUT2D eigenvalue weighted by molar-refractivity contribution is -0.189. The van der Waals surface area contributed by atoms with E-state index in [1.54, 1.807) is 24.3 Å². The van der Waals surface area contributed by atoms with Gasteiger partial charge in [-0.3, -0.25) is 9.69 Å². The zero-order valence-electron chi connectivity index (χ0n) is 18.8. The summed E-state index contributed by atoms with van der Waals surface area (Å²) in [4.78, 5) is 15.3. The molecule has 3 aliphatic carbocycles. The van der Waals surface area contributed by atoms with E-state index in [-0.39, 0.29) is 17.7 Å². The van der Waals surface area contributed by atoms with Crippen molar-refractivity contribution in [1.29, 1.82) is 0 Å². The van der Waals surface area contributed by atoms with Crippen molar-refractivity contribution in [3.8, 4) is 5.75 Å². The molecule has 1 saturated heterocycles. The van der Waals surface area contributed by atoms with Gasteiger partial charge in [-0.2, -0.15) is 0 Å². The average molecular weight is 449 g/mol. The van der Waals surface area contributed by atoms with Gasteiger partial charge in [-0.1, -0.05) is 24.3 Å². The Hall–Kier alpha value is -2.41. The highest BCUT2D eigenvalue weighted by atomic mass is 16.3. The Morgan fingerprint density at radius 1 is 1.12 bits per heavy atom. The summed E-state index contributed by atoms with van der Waals surface area (Å²) >= 11 is 0. The Morgan fingerprint density at radius 3 is 2.67 bits per heavy atom. The van der Waals surface area contributed by atoms with Crippen LogP contribution in [0.4, 0.5) is 0 Å². The summed E-state index contributed by atoms with van der Waals surface area (Å²) in [6, 6.07) is 13.9. The SMILES string of the molecule is O=C(N[C@H]1C[C@@]2(O)[C@H]3Cc4ccc(O)cc4[C@@]2(CCN3CC2CC2)C[C@H]1O)c1ccccc1. The smallest absolute Gasteiger partial charge is 0.251 e. The van der Waals surface area contributed by atoms with Crippen molar-refractivity contribution in [3.05, 3.63) is 65.2 Å². The molecular formula is C27H32N2O4. The van der Waals surface area contributed by atoms with Gasteiger partial charge in [0.05, 0.1) is 17.7 Å². The summed E-state index contributed by atoms with van der Waals surface area (Å²) in [5.74, 6) is 0.677. The maximum atomic E-state index is 12.9. The first-order valence-electron chi connectivity index (χ1n) is 12.2. The van der Waals surface area contributed by atoms with Crippen molar-refractivity contribution in [2.45, 2.75) is 67.7 Å². The fraction of sp³-hybridized carbons (Fsp3) is 0.519. The van der Waals surface area contributed by atoms with Crippen molar-refractivity contribution in [3.63, 3.8) is 0 Å². The van der Waals surface area contributed by atoms with E-state index in [0.29, 0.717) is 24.3 Å². The van der Waals surface area contributed by atoms with Gasteiger partial charge in [0.2, 0.25) is 0 Å². The van der Waals surface area contributed by atoms with Gasteiger partial charge >= 0.3 is 0 Å². The number of carbonyl (C=O) groups excluding carboxylic acids is 1. The van der Waals surface area contributed by atoms with Gasteiger partial charge in [0, 0.05) is 30.0 Å². The Balaban J connectivity index is 1.37. The summed E-state index contributed by atoms with van der Waals surface area (Å²) in [6.45, 7) is 1.88. The van der Waals surface area contributed by atoms with Crippen LogP contribution in [-0.2, 0) is 11.8 Å². The number of likely N-dealkylation sites (tertiary alicyclic amines) is 1. The number of benzene rings is 2. The van der Waals surface area contributed by atoms with Gasteiger partial charge < -0.3 is 20.6 Å². The van der Waals surface area contributed by atoms with Crippen LogP contribution < -0.4 is 5.32 Å². The lowest BCUT2D eigenvalue weighted by Crippen LogP contribution is -2.76. The first-order valence-corrected chi connectivity index (χ1v) is 12.2. The molecule has 0 spiro atoms. The summed E-state index contributed by atoms with van der Waals surface area (Å²) in [7, 11) is 0. The number of nitrogens with one attached hydrogen (secondary N) is 1. The van der Waals surface area contributed by atoms with Crippen LogP contribution in [0.3, 0.4) is 0 Å². The molecule has 5 atom stereocenters. The van der Waals surface area contributed by atoms with Crippen LogP contribution in [0.2, 0.25) is 0 Å². The zero-order valence-corrected chi connectivity index (χ0v) is 18.8. The average Bonchev–Trinajstić information content (AvgIpc) is 3.62. The molecule has 2 aromatic rings. The fourth-order valence-electron chi connectivity index (χ4n) is 6.92. The monoisotopic (exact) mass is 448 g/mol. The third-order valence-corrected chi connectivity index (χ3v) is 8.76. The van der Waals surface area contributed by atoms with Crippen LogP contribution in [-0.4, -0.2) is 63.0 Å². The van der Waals surface area contributed by atoms with Crippen molar-refractivity contribution in [1.82, 2.24) is 10.2 Å². The van der Waals surface area contributed by atoms with E-state index in [4.69, 9.17) is 0 Å². The van der Waals surface area contributed by atoms with Gasteiger partial charge in [0.15, 0.2) is 0 Å². The van der Waals surface area contributed by atoms with Crippen LogP contribution >= 0.6 is 0 Å². The molecule has 174 valence electrons. The number of carbonyl (C=O) groups is 1. The largest absolute Gasteiger partial charge is 0.508 e. The molecule has 0 radical (unpaired) electrons. The molecule has 4 N–H and O–H groups in total. The predicted octanol–water partition coefficient (Wildman–Crippen LogP) is 2.35. The minimum Gasteiger partial charge on any atom is -0.508 e. The van der Waals surface area contributed by atoms with Crippen LogP contribution in [0.25, 0.3) is 0 Å². The van der Waals surface area contributed by atoms with E-state index in [1.807, 2.05) is 24.3 Å². The van der Waals surface area contributed by atoms with Gasteiger partial charge in [-0.25, -0.2) is 0 Å². The summed E-state index contributed by atoms with van der Waals surface area (Å²) in [6.07, 6.45) is 3.86. The maximum Gasteiger partial charge on any atom is 0.251 e. The number of hydrogen-bond acceptors (Lipinski definition) is 5. The Kier molecular flexibility index (Phi) is 4.84. The highest BCUT2D eigenvalue weighted by Crippen LogP contribution is 2.58. The van der Waals surface area contributed by atoms with Crippen molar-refractivity contribution < 1.29 is 20.1 Å². The van der Waals surface area contributed by atoms with Crippen LogP contribution in [0.15, 0.2) is 48.5 Å². The van der Waals surface area contributed by atoms with Crippen molar-refractivity contribution in [2.24, 2.45) is 5.92 Å². The first kappa shape index (κ1) is 21.1. The van der Waals surface area contributed by atoms with Gasteiger partial charge in [-0.05, 0) is 80.0 Å². The molecule has 1 amide bonds. The van der Waals surface area contributed by atoms with Crippen LogP contribution in [0.1, 0.15) is 53.6 Å². The number of amides is 1. The number of phenolic OH excluding ortho intramolecular Hbond substituents is 1. The van der Waals surface area contributed by atoms with Crippen molar-refractivity contribution in [2.75, 3.05) is 13.1 Å². The lowest BCUT2D eigenvalue weighted by atomic mass is 9.48. The molecule has 6 nitrogen and oxygen atoms in total. The Morgan fingerprint density at radius 2 is 1.91 bits per heavy atom. The summed E-state index contributed by atoms with van der Waals surface area (Å²) < 4.78 is 0. The van der Waals surface area contributed by atoms with Crippen LogP contribution in [0, 0.1) is 5.92 Å². The number of hydrogen-bond donors (Lipinski definition) is 4. The van der Waals surface area contributed by atoms with Gasteiger partial charge in [-0.15, -0.1) is 0 Å². The van der Waals surface area contributed by atoms with Gasteiger partial charge in [0.25, 0.3) is 5.91 Å². The molecule has 4 aliphatic rings. The van der Waals surface area contributed by atoms with Crippen molar-refractivity contribution >= 4 is 5.91 Å². The number of nitrogens with zero attached hydrogens (tertiary/aromatic N) is 1. The highest BCUT2D eigenvalue weighted by Gasteiger charge is 2.66. The second kappa shape index (κ2) is 7.55. The molecule has 1 heterocycles. The van der Waals surface area contributed by atoms with Crippen LogP contribution in [0.5, 0.6) is 5.75 Å². The second-order valence-electron chi connectivity index (χ2n) is 10.7. The molecule has 1 aliphatic heterocycles. The normalized spacial score (nSPS) is 35.4. The molecule has 2 aromatic carbocycles. The number of phenols is 1. The lowest BCUT2D eigenvalue weighted by Gasteiger charge is -2.65. The van der Waals surface area contributed by atoms with E-state index in [2.05, 4.69) is 10.2 Å². The third kappa shape index (κ3) is 3.30. The van der Waals surface area contributed by atoms with E-state index in [0.717, 1.165) is 37.1 Å². The number of piperidine rings is 1. The second-order valence-corrected chi connectivity index (χ2v) is 10.7. The fourth-order valence-corrected chi connectivity index (χ4v) is 6.92. The molecule has 6 rings (SSSR count). The maximum absolute atomic E-state index is 12.9. The molecular weight excluding hydrogens is 416 g/mol. The molecule has 0 aromatic heterocycles. The van der Waals surface area contributed by atoms with Gasteiger partial charge in [0.1, 0.15) is 5.75 Å². The molecule has 2 saturated carbocycles. The Labute approximate surface area is 194 Å². The molecule has 3 fully saturated rings. The molecule has 6 heteroatoms. The standard InChI is InChI=1S/C27H32N2O4/c30-20-9-8-19-12-24-27(33)14-22(28-25(32)18-4-2-1-3-5-18)23(31)15-26(27,21(19)13-20)10-11-29(24)16-17-6-7-17/h1-5,8-9,13,17,22-24,30-31,33H,6-7,10-12,14-16H2,(H,28,32)/t22-,23+,24+,26+,27+/m0/s1. The molecule has 33 heavy (non-hydrogen) atoms. The zero-order chi connectivity index (χ0) is 22.8. The number of aliphatic hydroxyl groups is 2. The number of aromatic hydroxyl groups is 1. The first-order chi connectivity index (χ1) is 15.9. The van der Waals surface area contributed by atoms with E-state index in [9.17, 15) is 20.1 Å².